The number of hydrogen-bond donors (Lipinski definition) is 2. The van der Waals surface area contributed by atoms with Crippen molar-refractivity contribution >= 4 is 23.5 Å². The van der Waals surface area contributed by atoms with Gasteiger partial charge in [-0.05, 0) is 24.7 Å². The Balaban J connectivity index is 2.03. The third-order valence-electron chi connectivity index (χ3n) is 3.65. The molecule has 2 rings (SSSR count). The normalized spacial score (nSPS) is 19.5. The van der Waals surface area contributed by atoms with Gasteiger partial charge in [-0.25, -0.2) is 0 Å². The van der Waals surface area contributed by atoms with Crippen LogP contribution in [0.15, 0.2) is 18.2 Å². The molecule has 1 amide bonds. The molecule has 114 valence electrons. The molecule has 0 spiro atoms. The summed E-state index contributed by atoms with van der Waals surface area (Å²) in [7, 11) is 1.74. The van der Waals surface area contributed by atoms with E-state index >= 15 is 0 Å². The Morgan fingerprint density at radius 2 is 2.10 bits per heavy atom. The summed E-state index contributed by atoms with van der Waals surface area (Å²) in [6, 6.07) is 3.93. The minimum absolute atomic E-state index is 0.0293. The van der Waals surface area contributed by atoms with E-state index in [0.29, 0.717) is 18.7 Å². The van der Waals surface area contributed by atoms with Crippen molar-refractivity contribution in [3.05, 3.63) is 28.8 Å². The van der Waals surface area contributed by atoms with E-state index in [9.17, 15) is 14.7 Å². The summed E-state index contributed by atoms with van der Waals surface area (Å²) >= 11 is 5.81. The van der Waals surface area contributed by atoms with Gasteiger partial charge < -0.3 is 15.1 Å². The highest BCUT2D eigenvalue weighted by atomic mass is 35.5. The maximum atomic E-state index is 12.2. The molecule has 0 aromatic heterocycles. The third kappa shape index (κ3) is 3.65. The molecule has 21 heavy (non-hydrogen) atoms. The molecule has 6 nitrogen and oxygen atoms in total. The van der Waals surface area contributed by atoms with Gasteiger partial charge in [0, 0.05) is 19.6 Å². The van der Waals surface area contributed by atoms with Crippen molar-refractivity contribution in [1.29, 1.82) is 0 Å². The van der Waals surface area contributed by atoms with Gasteiger partial charge in [-0.3, -0.25) is 14.5 Å². The highest BCUT2D eigenvalue weighted by Gasteiger charge is 2.31. The second kappa shape index (κ2) is 6.32. The van der Waals surface area contributed by atoms with Gasteiger partial charge in [0.25, 0.3) is 0 Å². The number of hydrogen-bond acceptors (Lipinski definition) is 4. The van der Waals surface area contributed by atoms with Crippen molar-refractivity contribution in [3.63, 3.8) is 0 Å². The van der Waals surface area contributed by atoms with E-state index in [4.69, 9.17) is 16.7 Å². The lowest BCUT2D eigenvalue weighted by Gasteiger charge is -2.37. The van der Waals surface area contributed by atoms with E-state index in [1.54, 1.807) is 29.0 Å². The van der Waals surface area contributed by atoms with Crippen molar-refractivity contribution in [2.45, 2.75) is 12.5 Å². The molecule has 1 heterocycles. The first-order valence-electron chi connectivity index (χ1n) is 6.56. The summed E-state index contributed by atoms with van der Waals surface area (Å²) in [5.74, 6) is -1.10. The van der Waals surface area contributed by atoms with E-state index in [1.807, 2.05) is 0 Å². The molecule has 0 radical (unpaired) electrons. The summed E-state index contributed by atoms with van der Waals surface area (Å²) in [4.78, 5) is 26.7. The lowest BCUT2D eigenvalue weighted by Crippen LogP contribution is -2.56. The van der Waals surface area contributed by atoms with Crippen LogP contribution in [-0.4, -0.2) is 64.6 Å². The number of rotatable bonds is 3. The SMILES string of the molecule is CN1CCN(C(=O)Cc2ccc(O)c(Cl)c2)CC1C(=O)O. The number of nitrogens with zero attached hydrogens (tertiary/aromatic N) is 2. The number of benzene rings is 1. The number of halogens is 1. The Hall–Kier alpha value is -1.79. The molecule has 2 N–H and O–H groups in total. The van der Waals surface area contributed by atoms with Crippen LogP contribution in [0.5, 0.6) is 5.75 Å². The number of aromatic hydroxyl groups is 1. The van der Waals surface area contributed by atoms with Gasteiger partial charge >= 0.3 is 5.97 Å². The summed E-state index contributed by atoms with van der Waals surface area (Å²) in [5.41, 5.74) is 0.689. The van der Waals surface area contributed by atoms with Gasteiger partial charge in [0.05, 0.1) is 11.4 Å². The zero-order chi connectivity index (χ0) is 15.6. The van der Waals surface area contributed by atoms with Crippen LogP contribution in [0.1, 0.15) is 5.56 Å². The third-order valence-corrected chi connectivity index (χ3v) is 3.96. The van der Waals surface area contributed by atoms with Crippen molar-refractivity contribution in [3.8, 4) is 5.75 Å². The topological polar surface area (TPSA) is 81.1 Å². The molecule has 1 aromatic carbocycles. The van der Waals surface area contributed by atoms with Gasteiger partial charge in [-0.15, -0.1) is 0 Å². The molecule has 1 aromatic rings. The van der Waals surface area contributed by atoms with E-state index in [-0.39, 0.29) is 29.6 Å². The zero-order valence-electron chi connectivity index (χ0n) is 11.6. The van der Waals surface area contributed by atoms with Crippen molar-refractivity contribution < 1.29 is 19.8 Å². The van der Waals surface area contributed by atoms with Crippen molar-refractivity contribution in [2.24, 2.45) is 0 Å². The van der Waals surface area contributed by atoms with Gasteiger partial charge in [0.2, 0.25) is 5.91 Å². The molecule has 1 saturated heterocycles. The van der Waals surface area contributed by atoms with Crippen LogP contribution in [0.2, 0.25) is 5.02 Å². The average Bonchev–Trinajstić information content (AvgIpc) is 2.43. The number of phenolic OH excluding ortho intramolecular Hbond substituents is 1. The summed E-state index contributed by atoms with van der Waals surface area (Å²) in [6.07, 6.45) is 0.135. The predicted octanol–water partition coefficient (Wildman–Crippen LogP) is 0.815. The first-order valence-corrected chi connectivity index (χ1v) is 6.94. The van der Waals surface area contributed by atoms with E-state index < -0.39 is 12.0 Å². The van der Waals surface area contributed by atoms with E-state index in [1.165, 1.54) is 6.07 Å². The van der Waals surface area contributed by atoms with Crippen molar-refractivity contribution in [2.75, 3.05) is 26.7 Å². The minimum atomic E-state index is -0.928. The molecule has 1 fully saturated rings. The lowest BCUT2D eigenvalue weighted by atomic mass is 10.1. The number of carboxylic acids is 1. The lowest BCUT2D eigenvalue weighted by molar-refractivity contribution is -0.147. The second-order valence-corrected chi connectivity index (χ2v) is 5.54. The fraction of sp³-hybridized carbons (Fsp3) is 0.429. The van der Waals surface area contributed by atoms with Crippen LogP contribution in [0.25, 0.3) is 0 Å². The fourth-order valence-corrected chi connectivity index (χ4v) is 2.52. The highest BCUT2D eigenvalue weighted by molar-refractivity contribution is 6.32. The van der Waals surface area contributed by atoms with Crippen LogP contribution < -0.4 is 0 Å². The second-order valence-electron chi connectivity index (χ2n) is 5.14. The van der Waals surface area contributed by atoms with Gasteiger partial charge in [-0.2, -0.15) is 0 Å². The molecule has 0 bridgehead atoms. The van der Waals surface area contributed by atoms with E-state index in [0.717, 1.165) is 0 Å². The molecular weight excluding hydrogens is 296 g/mol. The summed E-state index contributed by atoms with van der Waals surface area (Å²) in [6.45, 7) is 1.21. The molecule has 1 aliphatic rings. The van der Waals surface area contributed by atoms with Crippen LogP contribution in [0.3, 0.4) is 0 Å². The standard InChI is InChI=1S/C14H17ClN2O4/c1-16-4-5-17(8-11(16)14(20)21)13(19)7-9-2-3-12(18)10(15)6-9/h2-3,6,11,18H,4-5,7-8H2,1H3,(H,20,21). The molecular formula is C14H17ClN2O4. The molecule has 0 aliphatic carbocycles. The minimum Gasteiger partial charge on any atom is -0.506 e. The Morgan fingerprint density at radius 1 is 1.38 bits per heavy atom. The van der Waals surface area contributed by atoms with Crippen LogP contribution in [-0.2, 0) is 16.0 Å². The fourth-order valence-electron chi connectivity index (χ4n) is 2.31. The quantitative estimate of drug-likeness (QED) is 0.863. The van der Waals surface area contributed by atoms with Crippen LogP contribution in [0.4, 0.5) is 0 Å². The number of carbonyl (C=O) groups excluding carboxylic acids is 1. The molecule has 1 unspecified atom stereocenters. The van der Waals surface area contributed by atoms with Crippen LogP contribution in [0, 0.1) is 0 Å². The monoisotopic (exact) mass is 312 g/mol. The number of carbonyl (C=O) groups is 2. The number of amides is 1. The maximum absolute atomic E-state index is 12.2. The number of aliphatic carboxylic acids is 1. The number of phenols is 1. The Morgan fingerprint density at radius 3 is 2.71 bits per heavy atom. The zero-order valence-corrected chi connectivity index (χ0v) is 12.4. The number of carboxylic acid groups (broad SMARTS) is 1. The predicted molar refractivity (Wildman–Crippen MR) is 77.5 cm³/mol. The first kappa shape index (κ1) is 15.6. The average molecular weight is 313 g/mol. The van der Waals surface area contributed by atoms with Gasteiger partial charge in [0.15, 0.2) is 0 Å². The molecule has 1 atom stereocenters. The van der Waals surface area contributed by atoms with Crippen LogP contribution >= 0.6 is 11.6 Å². The number of likely N-dealkylation sites (N-methyl/N-ethyl adjacent to an activating group) is 1. The van der Waals surface area contributed by atoms with Gasteiger partial charge in [0.1, 0.15) is 11.8 Å². The largest absolute Gasteiger partial charge is 0.506 e. The molecule has 1 aliphatic heterocycles. The summed E-state index contributed by atoms with van der Waals surface area (Å²) < 4.78 is 0. The Labute approximate surface area is 127 Å². The number of piperazine rings is 1. The van der Waals surface area contributed by atoms with E-state index in [2.05, 4.69) is 0 Å². The summed E-state index contributed by atoms with van der Waals surface area (Å²) in [5, 5.41) is 18.7. The highest BCUT2D eigenvalue weighted by Crippen LogP contribution is 2.24. The van der Waals surface area contributed by atoms with Crippen molar-refractivity contribution in [1.82, 2.24) is 9.80 Å². The first-order chi connectivity index (χ1) is 9.88. The Bertz CT molecular complexity index is 564. The van der Waals surface area contributed by atoms with Gasteiger partial charge in [-0.1, -0.05) is 17.7 Å². The smallest absolute Gasteiger partial charge is 0.322 e. The Kier molecular flexibility index (Phi) is 4.69. The maximum Gasteiger partial charge on any atom is 0.322 e. The molecule has 0 saturated carbocycles. The molecule has 7 heteroatoms.